The Morgan fingerprint density at radius 2 is 1.85 bits per heavy atom. The minimum Gasteiger partial charge on any atom is -0.481 e. The molecule has 7 nitrogen and oxygen atoms in total. The predicted octanol–water partition coefficient (Wildman–Crippen LogP) is 1.46. The van der Waals surface area contributed by atoms with Gasteiger partial charge in [-0.2, -0.15) is 0 Å². The third-order valence-electron chi connectivity index (χ3n) is 2.99. The van der Waals surface area contributed by atoms with Gasteiger partial charge >= 0.3 is 5.97 Å². The Morgan fingerprint density at radius 3 is 2.30 bits per heavy atom. The maximum absolute atomic E-state index is 12.0. The summed E-state index contributed by atoms with van der Waals surface area (Å²) >= 11 is 0. The highest BCUT2D eigenvalue weighted by molar-refractivity contribution is 5.87. The summed E-state index contributed by atoms with van der Waals surface area (Å²) in [5.74, 6) is -1.31. The van der Waals surface area contributed by atoms with E-state index in [1.54, 1.807) is 13.8 Å². The highest BCUT2D eigenvalue weighted by atomic mass is 16.6. The maximum atomic E-state index is 12.0. The Labute approximate surface area is 115 Å². The molecule has 0 radical (unpaired) electrons. The van der Waals surface area contributed by atoms with Crippen LogP contribution in [0.3, 0.4) is 0 Å². The fourth-order valence-corrected chi connectivity index (χ4v) is 1.63. The zero-order valence-corrected chi connectivity index (χ0v) is 11.3. The molecule has 0 aliphatic heterocycles. The van der Waals surface area contributed by atoms with Crippen molar-refractivity contribution in [3.05, 3.63) is 39.9 Å². The topological polar surface area (TPSA) is 110 Å². The Balaban J connectivity index is 2.78. The molecule has 1 aromatic carbocycles. The molecule has 0 fully saturated rings. The Hall–Kier alpha value is -2.44. The minimum absolute atomic E-state index is 0.0455. The first-order valence-corrected chi connectivity index (χ1v) is 6.00. The number of non-ortho nitro benzene ring substituents is 1. The van der Waals surface area contributed by atoms with Crippen molar-refractivity contribution in [1.82, 2.24) is 5.32 Å². The van der Waals surface area contributed by atoms with Gasteiger partial charge in [0, 0.05) is 18.7 Å². The van der Waals surface area contributed by atoms with E-state index in [4.69, 9.17) is 5.11 Å². The molecule has 0 saturated heterocycles. The zero-order chi connectivity index (χ0) is 15.3. The number of hydrogen-bond acceptors (Lipinski definition) is 4. The second-order valence-electron chi connectivity index (χ2n) is 4.83. The molecule has 0 saturated carbocycles. The lowest BCUT2D eigenvalue weighted by atomic mass is 9.83. The van der Waals surface area contributed by atoms with Crippen molar-refractivity contribution in [2.45, 2.75) is 25.7 Å². The number of nitrogens with one attached hydrogen (secondary N) is 1. The first kappa shape index (κ1) is 15.6. The summed E-state index contributed by atoms with van der Waals surface area (Å²) in [5, 5.41) is 21.6. The van der Waals surface area contributed by atoms with E-state index in [1.807, 2.05) is 0 Å². The molecule has 0 atom stereocenters. The molecule has 0 spiro atoms. The van der Waals surface area contributed by atoms with Crippen molar-refractivity contribution in [3.63, 3.8) is 0 Å². The normalized spacial score (nSPS) is 10.9. The molecule has 20 heavy (non-hydrogen) atoms. The van der Waals surface area contributed by atoms with Crippen LogP contribution in [0.4, 0.5) is 5.69 Å². The smallest absolute Gasteiger partial charge is 0.305 e. The van der Waals surface area contributed by atoms with Crippen LogP contribution in [-0.4, -0.2) is 28.5 Å². The van der Waals surface area contributed by atoms with Gasteiger partial charge in [-0.25, -0.2) is 0 Å². The summed E-state index contributed by atoms with van der Waals surface area (Å²) in [6.07, 6.45) is -0.151. The fraction of sp³-hybridized carbons (Fsp3) is 0.385. The maximum Gasteiger partial charge on any atom is 0.305 e. The predicted molar refractivity (Wildman–Crippen MR) is 71.4 cm³/mol. The van der Waals surface area contributed by atoms with Gasteiger partial charge < -0.3 is 10.4 Å². The Morgan fingerprint density at radius 1 is 1.30 bits per heavy atom. The van der Waals surface area contributed by atoms with Gasteiger partial charge in [-0.3, -0.25) is 19.7 Å². The number of nitro benzene ring substituents is 1. The van der Waals surface area contributed by atoms with E-state index in [9.17, 15) is 19.7 Å². The van der Waals surface area contributed by atoms with Crippen LogP contribution in [0.15, 0.2) is 24.3 Å². The second kappa shape index (κ2) is 6.14. The summed E-state index contributed by atoms with van der Waals surface area (Å²) in [6.45, 7) is 3.39. The molecule has 108 valence electrons. The number of carbonyl (C=O) groups is 2. The molecule has 7 heteroatoms. The van der Waals surface area contributed by atoms with Gasteiger partial charge in [-0.1, -0.05) is 12.1 Å². The van der Waals surface area contributed by atoms with Crippen LogP contribution >= 0.6 is 0 Å². The number of amides is 1. The number of nitro groups is 1. The van der Waals surface area contributed by atoms with Gasteiger partial charge in [0.15, 0.2) is 0 Å². The average Bonchev–Trinajstić information content (AvgIpc) is 2.38. The van der Waals surface area contributed by atoms with Crippen LogP contribution in [0, 0.1) is 10.1 Å². The second-order valence-corrected chi connectivity index (χ2v) is 4.83. The van der Waals surface area contributed by atoms with Gasteiger partial charge in [-0.15, -0.1) is 0 Å². The lowest BCUT2D eigenvalue weighted by Crippen LogP contribution is -2.40. The van der Waals surface area contributed by atoms with E-state index in [2.05, 4.69) is 5.32 Å². The molecular formula is C13H16N2O5. The molecule has 0 aliphatic carbocycles. The minimum atomic E-state index is -0.988. The van der Waals surface area contributed by atoms with Gasteiger partial charge in [0.05, 0.1) is 16.8 Å². The Bertz CT molecular complexity index is 522. The Kier molecular flexibility index (Phi) is 4.79. The molecule has 1 amide bonds. The van der Waals surface area contributed by atoms with Crippen molar-refractivity contribution in [2.24, 2.45) is 0 Å². The lowest BCUT2D eigenvalue weighted by molar-refractivity contribution is -0.384. The number of benzene rings is 1. The van der Waals surface area contributed by atoms with Crippen LogP contribution in [0.1, 0.15) is 25.8 Å². The molecule has 0 aromatic heterocycles. The third-order valence-corrected chi connectivity index (χ3v) is 2.99. The zero-order valence-electron chi connectivity index (χ0n) is 11.3. The quantitative estimate of drug-likeness (QED) is 0.605. The molecule has 0 aliphatic rings. The monoisotopic (exact) mass is 280 g/mol. The highest BCUT2D eigenvalue weighted by Crippen LogP contribution is 2.25. The summed E-state index contributed by atoms with van der Waals surface area (Å²) in [6, 6.07) is 5.72. The number of carbonyl (C=O) groups excluding carboxylic acids is 1. The van der Waals surface area contributed by atoms with Gasteiger partial charge in [0.25, 0.3) is 5.69 Å². The number of nitrogens with zero attached hydrogens (tertiary/aromatic N) is 1. The van der Waals surface area contributed by atoms with E-state index in [0.717, 1.165) is 0 Å². The van der Waals surface area contributed by atoms with E-state index in [0.29, 0.717) is 5.56 Å². The molecule has 2 N–H and O–H groups in total. The van der Waals surface area contributed by atoms with E-state index in [1.165, 1.54) is 24.3 Å². The van der Waals surface area contributed by atoms with Crippen LogP contribution in [0.2, 0.25) is 0 Å². The van der Waals surface area contributed by atoms with Crippen molar-refractivity contribution >= 4 is 17.6 Å². The van der Waals surface area contributed by atoms with Crippen LogP contribution < -0.4 is 5.32 Å². The molecule has 0 bridgehead atoms. The van der Waals surface area contributed by atoms with Crippen LogP contribution in [-0.2, 0) is 15.0 Å². The first-order chi connectivity index (χ1) is 9.25. The average molecular weight is 280 g/mol. The summed E-state index contributed by atoms with van der Waals surface area (Å²) in [7, 11) is 0. The summed E-state index contributed by atoms with van der Waals surface area (Å²) in [4.78, 5) is 32.5. The van der Waals surface area contributed by atoms with E-state index >= 15 is 0 Å². The molecule has 1 rings (SSSR count). The number of carboxylic acids is 1. The number of carboxylic acid groups (broad SMARTS) is 1. The van der Waals surface area contributed by atoms with E-state index < -0.39 is 16.3 Å². The molecule has 0 unspecified atom stereocenters. The van der Waals surface area contributed by atoms with Crippen molar-refractivity contribution in [3.8, 4) is 0 Å². The van der Waals surface area contributed by atoms with Gasteiger partial charge in [-0.05, 0) is 19.4 Å². The highest BCUT2D eigenvalue weighted by Gasteiger charge is 2.29. The fourth-order valence-electron chi connectivity index (χ4n) is 1.63. The van der Waals surface area contributed by atoms with Crippen molar-refractivity contribution < 1.29 is 19.6 Å². The number of hydrogen-bond donors (Lipinski definition) is 2. The van der Waals surface area contributed by atoms with Crippen molar-refractivity contribution in [1.29, 1.82) is 0 Å². The molecule has 1 aromatic rings. The number of rotatable bonds is 6. The van der Waals surface area contributed by atoms with Gasteiger partial charge in [0.2, 0.25) is 5.91 Å². The lowest BCUT2D eigenvalue weighted by Gasteiger charge is -2.23. The van der Waals surface area contributed by atoms with E-state index in [-0.39, 0.29) is 24.6 Å². The SMILES string of the molecule is CC(C)(C(=O)NCCC(=O)O)c1ccc([N+](=O)[O-])cc1. The first-order valence-electron chi connectivity index (χ1n) is 6.00. The largest absolute Gasteiger partial charge is 0.481 e. The van der Waals surface area contributed by atoms with Crippen LogP contribution in [0.5, 0.6) is 0 Å². The number of aliphatic carboxylic acids is 1. The summed E-state index contributed by atoms with van der Waals surface area (Å²) in [5.41, 5.74) is -0.320. The van der Waals surface area contributed by atoms with Crippen molar-refractivity contribution in [2.75, 3.05) is 6.54 Å². The molecule has 0 heterocycles. The standard InChI is InChI=1S/C13H16N2O5/c1-13(2,12(18)14-8-7-11(16)17)9-3-5-10(6-4-9)15(19)20/h3-6H,7-8H2,1-2H3,(H,14,18)(H,16,17). The third kappa shape index (κ3) is 3.78. The van der Waals surface area contributed by atoms with Gasteiger partial charge in [0.1, 0.15) is 0 Å². The molecular weight excluding hydrogens is 264 g/mol. The van der Waals surface area contributed by atoms with Crippen LogP contribution in [0.25, 0.3) is 0 Å². The summed E-state index contributed by atoms with van der Waals surface area (Å²) < 4.78 is 0.